The van der Waals surface area contributed by atoms with Crippen molar-refractivity contribution in [2.75, 3.05) is 5.73 Å². The smallest absolute Gasteiger partial charge is 0.338 e. The first-order valence-corrected chi connectivity index (χ1v) is 6.80. The van der Waals surface area contributed by atoms with E-state index in [1.54, 1.807) is 12.1 Å². The van der Waals surface area contributed by atoms with Crippen molar-refractivity contribution in [2.24, 2.45) is 0 Å². The Morgan fingerprint density at radius 2 is 2.15 bits per heavy atom. The molecule has 0 amide bonds. The zero-order valence-electron chi connectivity index (χ0n) is 11.2. The van der Waals surface area contributed by atoms with Gasteiger partial charge < -0.3 is 15.4 Å². The lowest BCUT2D eigenvalue weighted by Gasteiger charge is -2.15. The molecule has 0 aliphatic heterocycles. The molecular weight excluding hydrogens is 254 g/mol. The van der Waals surface area contributed by atoms with Gasteiger partial charge in [0, 0.05) is 17.9 Å². The maximum atomic E-state index is 11.4. The van der Waals surface area contributed by atoms with Crippen LogP contribution in [0, 0.1) is 0 Å². The van der Waals surface area contributed by atoms with E-state index in [4.69, 9.17) is 5.73 Å². The van der Waals surface area contributed by atoms with Crippen molar-refractivity contribution in [3.63, 3.8) is 0 Å². The maximum absolute atomic E-state index is 11.4. The minimum absolute atomic E-state index is 0.200. The van der Waals surface area contributed by atoms with Gasteiger partial charge in [0.2, 0.25) is 0 Å². The Hall–Kier alpha value is -2.30. The van der Waals surface area contributed by atoms with Crippen molar-refractivity contribution >= 4 is 11.7 Å². The molecule has 2 aromatic rings. The molecule has 1 aromatic heterocycles. The second-order valence-corrected chi connectivity index (χ2v) is 5.16. The lowest BCUT2D eigenvalue weighted by Crippen LogP contribution is -2.13. The molecule has 20 heavy (non-hydrogen) atoms. The molecule has 3 rings (SSSR count). The number of aryl methyl sites for hydroxylation is 1. The fraction of sp³-hybridized carbons (Fsp3) is 0.333. The van der Waals surface area contributed by atoms with Crippen molar-refractivity contribution in [1.82, 2.24) is 9.55 Å². The zero-order chi connectivity index (χ0) is 14.1. The Morgan fingerprint density at radius 3 is 2.95 bits per heavy atom. The molecule has 0 atom stereocenters. The number of rotatable bonds is 3. The first-order valence-electron chi connectivity index (χ1n) is 6.80. The molecule has 1 heterocycles. The number of aromatic nitrogens is 2. The lowest BCUT2D eigenvalue weighted by molar-refractivity contribution is 0.0696. The molecule has 0 bridgehead atoms. The van der Waals surface area contributed by atoms with Gasteiger partial charge >= 0.3 is 5.97 Å². The Labute approximate surface area is 117 Å². The lowest BCUT2D eigenvalue weighted by atomic mass is 10.0. The zero-order valence-corrected chi connectivity index (χ0v) is 11.2. The number of nitrogens with two attached hydrogens (primary N) is 1. The number of fused-ring (bicyclic) bond motifs is 1. The van der Waals surface area contributed by atoms with Crippen LogP contribution in [0.15, 0.2) is 24.5 Å². The Kier molecular flexibility index (Phi) is 3.18. The van der Waals surface area contributed by atoms with E-state index in [1.807, 2.05) is 12.4 Å². The summed E-state index contributed by atoms with van der Waals surface area (Å²) in [5, 5.41) is 9.31. The average molecular weight is 271 g/mol. The van der Waals surface area contributed by atoms with Gasteiger partial charge in [-0.05, 0) is 37.3 Å². The monoisotopic (exact) mass is 271 g/mol. The molecule has 5 nitrogen and oxygen atoms in total. The average Bonchev–Trinajstić information content (AvgIpc) is 2.82. The highest BCUT2D eigenvalue weighted by atomic mass is 16.4. The second-order valence-electron chi connectivity index (χ2n) is 5.16. The number of aromatic carboxylic acids is 1. The number of hydrogen-bond acceptors (Lipinski definition) is 3. The molecule has 1 aliphatic rings. The van der Waals surface area contributed by atoms with Gasteiger partial charge in [0.05, 0.1) is 17.6 Å². The van der Waals surface area contributed by atoms with Gasteiger partial charge in [-0.3, -0.25) is 0 Å². The summed E-state index contributed by atoms with van der Waals surface area (Å²) in [7, 11) is 0. The summed E-state index contributed by atoms with van der Waals surface area (Å²) >= 11 is 0. The molecular formula is C15H17N3O2. The fourth-order valence-corrected chi connectivity index (χ4v) is 2.86. The molecule has 1 aliphatic carbocycles. The van der Waals surface area contributed by atoms with Crippen molar-refractivity contribution in [2.45, 2.75) is 32.2 Å². The fourth-order valence-electron chi connectivity index (χ4n) is 2.86. The SMILES string of the molecule is Nc1cccc(Cn2cnc3c2CCCC3)c1C(=O)O. The summed E-state index contributed by atoms with van der Waals surface area (Å²) in [5.74, 6) is -0.980. The molecule has 1 aromatic carbocycles. The van der Waals surface area contributed by atoms with Crippen molar-refractivity contribution in [3.8, 4) is 0 Å². The normalized spacial score (nSPS) is 14.0. The molecule has 0 fully saturated rings. The van der Waals surface area contributed by atoms with Crippen LogP contribution in [0.2, 0.25) is 0 Å². The molecule has 0 radical (unpaired) electrons. The molecule has 3 N–H and O–H groups in total. The van der Waals surface area contributed by atoms with Crippen LogP contribution >= 0.6 is 0 Å². The van der Waals surface area contributed by atoms with Crippen molar-refractivity contribution in [3.05, 3.63) is 47.0 Å². The largest absolute Gasteiger partial charge is 0.478 e. The number of imidazole rings is 1. The van der Waals surface area contributed by atoms with E-state index in [1.165, 1.54) is 18.5 Å². The van der Waals surface area contributed by atoms with Crippen LogP contribution in [0.3, 0.4) is 0 Å². The van der Waals surface area contributed by atoms with Gasteiger partial charge in [-0.2, -0.15) is 0 Å². The number of carboxylic acid groups (broad SMARTS) is 1. The Morgan fingerprint density at radius 1 is 1.35 bits per heavy atom. The van der Waals surface area contributed by atoms with Crippen LogP contribution in [0.1, 0.15) is 40.2 Å². The van der Waals surface area contributed by atoms with Crippen LogP contribution in [0.5, 0.6) is 0 Å². The van der Waals surface area contributed by atoms with E-state index in [-0.39, 0.29) is 5.56 Å². The van der Waals surface area contributed by atoms with E-state index < -0.39 is 5.97 Å². The van der Waals surface area contributed by atoms with Crippen LogP contribution in [0.4, 0.5) is 5.69 Å². The quantitative estimate of drug-likeness (QED) is 0.837. The van der Waals surface area contributed by atoms with Crippen LogP contribution in [0.25, 0.3) is 0 Å². The molecule has 104 valence electrons. The van der Waals surface area contributed by atoms with Gasteiger partial charge in [-0.25, -0.2) is 9.78 Å². The third-order valence-corrected chi connectivity index (χ3v) is 3.85. The molecule has 0 saturated carbocycles. The van der Waals surface area contributed by atoms with E-state index in [0.717, 1.165) is 24.1 Å². The maximum Gasteiger partial charge on any atom is 0.338 e. The number of hydrogen-bond donors (Lipinski definition) is 2. The van der Waals surface area contributed by atoms with Crippen LogP contribution in [-0.4, -0.2) is 20.6 Å². The number of benzene rings is 1. The highest BCUT2D eigenvalue weighted by molar-refractivity contribution is 5.95. The summed E-state index contributed by atoms with van der Waals surface area (Å²) in [4.78, 5) is 15.8. The number of carboxylic acids is 1. The molecule has 5 heteroatoms. The van der Waals surface area contributed by atoms with Gasteiger partial charge in [-0.1, -0.05) is 12.1 Å². The molecule has 0 saturated heterocycles. The standard InChI is InChI=1S/C15H17N3O2/c16-11-5-3-4-10(14(11)15(19)20)8-18-9-17-12-6-1-2-7-13(12)18/h3-5,9H,1-2,6-8,16H2,(H,19,20). The number of nitrogen functional groups attached to an aromatic ring is 1. The summed E-state index contributed by atoms with van der Waals surface area (Å²) in [5.41, 5.74) is 9.40. The van der Waals surface area contributed by atoms with Gasteiger partial charge in [-0.15, -0.1) is 0 Å². The first-order chi connectivity index (χ1) is 9.66. The van der Waals surface area contributed by atoms with Crippen LogP contribution in [-0.2, 0) is 19.4 Å². The van der Waals surface area contributed by atoms with E-state index in [9.17, 15) is 9.90 Å². The Bertz CT molecular complexity index is 661. The van der Waals surface area contributed by atoms with Crippen molar-refractivity contribution in [1.29, 1.82) is 0 Å². The van der Waals surface area contributed by atoms with E-state index >= 15 is 0 Å². The number of carbonyl (C=O) groups is 1. The minimum atomic E-state index is -0.980. The summed E-state index contributed by atoms with van der Waals surface area (Å²) < 4.78 is 2.05. The van der Waals surface area contributed by atoms with Gasteiger partial charge in [0.25, 0.3) is 0 Å². The van der Waals surface area contributed by atoms with E-state index in [2.05, 4.69) is 9.55 Å². The predicted octanol–water partition coefficient (Wildman–Crippen LogP) is 2.09. The number of nitrogens with zero attached hydrogens (tertiary/aromatic N) is 2. The third kappa shape index (κ3) is 2.15. The van der Waals surface area contributed by atoms with Crippen molar-refractivity contribution < 1.29 is 9.90 Å². The summed E-state index contributed by atoms with van der Waals surface area (Å²) in [6, 6.07) is 5.23. The van der Waals surface area contributed by atoms with Gasteiger partial charge in [0.1, 0.15) is 0 Å². The van der Waals surface area contributed by atoms with Crippen LogP contribution < -0.4 is 5.73 Å². The summed E-state index contributed by atoms with van der Waals surface area (Å²) in [6.45, 7) is 0.509. The molecule has 0 unspecified atom stereocenters. The highest BCUT2D eigenvalue weighted by Gasteiger charge is 2.18. The minimum Gasteiger partial charge on any atom is -0.478 e. The topological polar surface area (TPSA) is 81.1 Å². The molecule has 0 spiro atoms. The van der Waals surface area contributed by atoms with Gasteiger partial charge in [0.15, 0.2) is 0 Å². The predicted molar refractivity (Wildman–Crippen MR) is 75.8 cm³/mol. The third-order valence-electron chi connectivity index (χ3n) is 3.85. The second kappa shape index (κ2) is 5.00. The number of anilines is 1. The Balaban J connectivity index is 1.98. The first kappa shape index (κ1) is 12.7. The summed E-state index contributed by atoms with van der Waals surface area (Å²) in [6.07, 6.45) is 6.19. The highest BCUT2D eigenvalue weighted by Crippen LogP contribution is 2.23. The van der Waals surface area contributed by atoms with E-state index in [0.29, 0.717) is 12.2 Å².